The minimum Gasteiger partial charge on any atom is -0.376 e. The maximum atomic E-state index is 5.31. The van der Waals surface area contributed by atoms with E-state index in [1.807, 2.05) is 0 Å². The Labute approximate surface area is 68.9 Å². The Morgan fingerprint density at radius 3 is 3.17 bits per heavy atom. The van der Waals surface area contributed by atoms with Crippen molar-refractivity contribution in [1.29, 1.82) is 0 Å². The molecule has 1 aliphatic heterocycles. The lowest BCUT2D eigenvalue weighted by Crippen LogP contribution is -2.27. The fourth-order valence-corrected chi connectivity index (χ4v) is 1.08. The highest BCUT2D eigenvalue weighted by Gasteiger charge is 2.19. The van der Waals surface area contributed by atoms with E-state index in [0.717, 1.165) is 6.54 Å². The topological polar surface area (TPSA) is 89.3 Å². The van der Waals surface area contributed by atoms with E-state index in [2.05, 4.69) is 20.4 Å². The van der Waals surface area contributed by atoms with Gasteiger partial charge >= 0.3 is 0 Å². The first-order valence-corrected chi connectivity index (χ1v) is 3.67. The van der Waals surface area contributed by atoms with E-state index in [4.69, 9.17) is 10.3 Å². The van der Waals surface area contributed by atoms with Gasteiger partial charge in [0.05, 0.1) is 18.8 Å². The van der Waals surface area contributed by atoms with Crippen LogP contribution in [0.25, 0.3) is 0 Å². The average Bonchev–Trinajstić information content (AvgIpc) is 2.54. The number of aliphatic imine (C=N–C) groups is 1. The van der Waals surface area contributed by atoms with Crippen LogP contribution in [0.1, 0.15) is 11.8 Å². The van der Waals surface area contributed by atoms with Crippen molar-refractivity contribution in [3.63, 3.8) is 0 Å². The summed E-state index contributed by atoms with van der Waals surface area (Å²) in [5, 5.41) is 6.49. The van der Waals surface area contributed by atoms with Crippen molar-refractivity contribution >= 4 is 12.3 Å². The Hall–Kier alpha value is -1.59. The van der Waals surface area contributed by atoms with Crippen molar-refractivity contribution in [2.24, 2.45) is 4.99 Å². The summed E-state index contributed by atoms with van der Waals surface area (Å²) < 4.78 is 4.90. The fraction of sp³-hybridized carbons (Fsp3) is 0.500. The number of anilines is 1. The van der Waals surface area contributed by atoms with E-state index >= 15 is 0 Å². The number of rotatable bonds is 1. The molecule has 1 aromatic heterocycles. The van der Waals surface area contributed by atoms with Crippen LogP contribution in [-0.2, 0) is 0 Å². The van der Waals surface area contributed by atoms with E-state index < -0.39 is 0 Å². The van der Waals surface area contributed by atoms with Gasteiger partial charge in [-0.05, 0) is 5.16 Å². The number of aromatic nitrogens is 2. The highest BCUT2D eigenvalue weighted by Crippen LogP contribution is 2.14. The van der Waals surface area contributed by atoms with E-state index in [1.165, 1.54) is 0 Å². The molecule has 6 heteroatoms. The molecule has 0 bridgehead atoms. The summed E-state index contributed by atoms with van der Waals surface area (Å²) >= 11 is 0. The zero-order valence-corrected chi connectivity index (χ0v) is 6.40. The van der Waals surface area contributed by atoms with Gasteiger partial charge in [-0.2, -0.15) is 4.98 Å². The van der Waals surface area contributed by atoms with Crippen molar-refractivity contribution < 1.29 is 4.52 Å². The molecule has 64 valence electrons. The van der Waals surface area contributed by atoms with Crippen molar-refractivity contribution in [1.82, 2.24) is 15.5 Å². The lowest BCUT2D eigenvalue weighted by molar-refractivity contribution is 0.352. The van der Waals surface area contributed by atoms with Gasteiger partial charge in [-0.3, -0.25) is 4.99 Å². The second-order valence-corrected chi connectivity index (χ2v) is 2.59. The third-order valence-corrected chi connectivity index (χ3v) is 1.68. The van der Waals surface area contributed by atoms with Gasteiger partial charge in [-0.15, -0.1) is 0 Å². The van der Waals surface area contributed by atoms with Gasteiger partial charge in [-0.25, -0.2) is 0 Å². The molecular formula is C6H9N5O. The predicted octanol–water partition coefficient (Wildman–Crippen LogP) is -0.633. The predicted molar refractivity (Wildman–Crippen MR) is 42.8 cm³/mol. The summed E-state index contributed by atoms with van der Waals surface area (Å²) in [5.41, 5.74) is 5.31. The normalized spacial score (nSPS) is 22.2. The molecular weight excluding hydrogens is 158 g/mol. The molecule has 12 heavy (non-hydrogen) atoms. The zero-order valence-electron chi connectivity index (χ0n) is 6.40. The Kier molecular flexibility index (Phi) is 1.65. The lowest BCUT2D eigenvalue weighted by atomic mass is 10.1. The molecule has 0 aliphatic carbocycles. The monoisotopic (exact) mass is 167 g/mol. The van der Waals surface area contributed by atoms with Gasteiger partial charge in [0.1, 0.15) is 0 Å². The van der Waals surface area contributed by atoms with Gasteiger partial charge < -0.3 is 15.6 Å². The molecule has 0 radical (unpaired) electrons. The van der Waals surface area contributed by atoms with Crippen molar-refractivity contribution in [3.8, 4) is 0 Å². The summed E-state index contributed by atoms with van der Waals surface area (Å²) in [6.45, 7) is 1.44. The highest BCUT2D eigenvalue weighted by molar-refractivity contribution is 5.55. The maximum absolute atomic E-state index is 5.31. The number of nitrogen functional groups attached to an aromatic ring is 1. The minimum atomic E-state index is 0.153. The second-order valence-electron chi connectivity index (χ2n) is 2.59. The molecule has 0 saturated carbocycles. The molecule has 0 aromatic carbocycles. The Bertz CT molecular complexity index is 294. The van der Waals surface area contributed by atoms with Gasteiger partial charge in [-0.1, -0.05) is 0 Å². The molecule has 0 amide bonds. The van der Waals surface area contributed by atoms with Crippen molar-refractivity contribution in [2.75, 3.05) is 18.8 Å². The summed E-state index contributed by atoms with van der Waals surface area (Å²) in [7, 11) is 0. The summed E-state index contributed by atoms with van der Waals surface area (Å²) in [6, 6.07) is 0. The van der Waals surface area contributed by atoms with Crippen molar-refractivity contribution in [2.45, 2.75) is 5.92 Å². The molecule has 2 heterocycles. The molecule has 0 spiro atoms. The van der Waals surface area contributed by atoms with E-state index in [0.29, 0.717) is 12.4 Å². The summed E-state index contributed by atoms with van der Waals surface area (Å²) in [4.78, 5) is 7.96. The molecule has 1 aromatic rings. The van der Waals surface area contributed by atoms with Crippen LogP contribution in [0.3, 0.4) is 0 Å². The molecule has 1 unspecified atom stereocenters. The Morgan fingerprint density at radius 1 is 1.67 bits per heavy atom. The third-order valence-electron chi connectivity index (χ3n) is 1.68. The largest absolute Gasteiger partial charge is 0.376 e. The quantitative estimate of drug-likeness (QED) is 0.581. The van der Waals surface area contributed by atoms with Crippen LogP contribution < -0.4 is 11.1 Å². The number of nitrogens with two attached hydrogens (primary N) is 1. The number of nitrogens with zero attached hydrogens (tertiary/aromatic N) is 3. The van der Waals surface area contributed by atoms with Crippen LogP contribution in [0, 0.1) is 0 Å². The molecule has 1 aliphatic rings. The van der Waals surface area contributed by atoms with E-state index in [1.54, 1.807) is 6.34 Å². The SMILES string of the molecule is Nc1noc(C2CN=CNC2)n1. The number of hydrogen-bond donors (Lipinski definition) is 2. The van der Waals surface area contributed by atoms with Gasteiger partial charge in [0.2, 0.25) is 5.89 Å². The maximum Gasteiger partial charge on any atom is 0.260 e. The first-order chi connectivity index (χ1) is 5.86. The minimum absolute atomic E-state index is 0.153. The lowest BCUT2D eigenvalue weighted by Gasteiger charge is -2.13. The van der Waals surface area contributed by atoms with E-state index in [-0.39, 0.29) is 11.9 Å². The van der Waals surface area contributed by atoms with Crippen LogP contribution in [0.5, 0.6) is 0 Å². The van der Waals surface area contributed by atoms with Crippen LogP contribution >= 0.6 is 0 Å². The number of hydrogen-bond acceptors (Lipinski definition) is 6. The van der Waals surface area contributed by atoms with Crippen LogP contribution in [0.4, 0.5) is 5.95 Å². The summed E-state index contributed by atoms with van der Waals surface area (Å²) in [5.74, 6) is 0.885. The zero-order chi connectivity index (χ0) is 8.39. The van der Waals surface area contributed by atoms with Gasteiger partial charge in [0.15, 0.2) is 0 Å². The molecule has 0 fully saturated rings. The first kappa shape index (κ1) is 7.08. The van der Waals surface area contributed by atoms with Gasteiger partial charge in [0.25, 0.3) is 5.95 Å². The van der Waals surface area contributed by atoms with Crippen LogP contribution in [0.15, 0.2) is 9.52 Å². The average molecular weight is 167 g/mol. The molecule has 2 rings (SSSR count). The van der Waals surface area contributed by atoms with Gasteiger partial charge in [0, 0.05) is 6.54 Å². The molecule has 1 atom stereocenters. The first-order valence-electron chi connectivity index (χ1n) is 3.67. The molecule has 0 saturated heterocycles. The molecule has 6 nitrogen and oxygen atoms in total. The molecule has 3 N–H and O–H groups in total. The second kappa shape index (κ2) is 2.80. The highest BCUT2D eigenvalue weighted by atomic mass is 16.5. The summed E-state index contributed by atoms with van der Waals surface area (Å²) in [6.07, 6.45) is 1.68. The standard InChI is InChI=1S/C6H9N5O/c7-6-10-5(12-11-6)4-1-8-3-9-2-4/h3-4H,1-2H2,(H2,7,11)(H,8,9). The third kappa shape index (κ3) is 1.23. The van der Waals surface area contributed by atoms with Crippen LogP contribution in [-0.4, -0.2) is 29.6 Å². The fourth-order valence-electron chi connectivity index (χ4n) is 1.08. The number of nitrogens with one attached hydrogen (secondary N) is 1. The van der Waals surface area contributed by atoms with Crippen molar-refractivity contribution in [3.05, 3.63) is 5.89 Å². The van der Waals surface area contributed by atoms with E-state index in [9.17, 15) is 0 Å². The Morgan fingerprint density at radius 2 is 2.58 bits per heavy atom. The van der Waals surface area contributed by atoms with Crippen LogP contribution in [0.2, 0.25) is 0 Å². The Balaban J connectivity index is 2.14. The smallest absolute Gasteiger partial charge is 0.260 e.